The van der Waals surface area contributed by atoms with Crippen LogP contribution in [0.4, 0.5) is 11.4 Å². The first-order valence-electron chi connectivity index (χ1n) is 10.8. The fourth-order valence-corrected chi connectivity index (χ4v) is 4.73. The summed E-state index contributed by atoms with van der Waals surface area (Å²) < 4.78 is 5.49. The molecular weight excluding hydrogens is 474 g/mol. The summed E-state index contributed by atoms with van der Waals surface area (Å²) in [6.07, 6.45) is 0. The molecular formula is C25H18ClN3O6. The quantitative estimate of drug-likeness (QED) is 0.219. The second-order valence-corrected chi connectivity index (χ2v) is 8.45. The van der Waals surface area contributed by atoms with Crippen molar-refractivity contribution in [1.82, 2.24) is 4.90 Å². The summed E-state index contributed by atoms with van der Waals surface area (Å²) >= 11 is 5.97. The van der Waals surface area contributed by atoms with Gasteiger partial charge in [0.15, 0.2) is 0 Å². The molecule has 0 unspecified atom stereocenters. The second kappa shape index (κ2) is 8.52. The number of fused-ring (bicyclic) bond motifs is 1. The molecule has 176 valence electrons. The molecule has 3 amide bonds. The number of nitro groups is 1. The molecule has 0 radical (unpaired) electrons. The Morgan fingerprint density at radius 2 is 1.54 bits per heavy atom. The molecule has 0 N–H and O–H groups in total. The predicted octanol–water partition coefficient (Wildman–Crippen LogP) is 4.40. The number of hydrogen-bond donors (Lipinski definition) is 0. The molecule has 3 aromatic carbocycles. The Labute approximate surface area is 204 Å². The van der Waals surface area contributed by atoms with Crippen LogP contribution < -0.4 is 9.64 Å². The first kappa shape index (κ1) is 22.5. The van der Waals surface area contributed by atoms with Gasteiger partial charge in [0.05, 0.1) is 28.7 Å². The zero-order valence-corrected chi connectivity index (χ0v) is 19.1. The van der Waals surface area contributed by atoms with Crippen LogP contribution >= 0.6 is 11.6 Å². The van der Waals surface area contributed by atoms with Crippen molar-refractivity contribution < 1.29 is 24.0 Å². The van der Waals surface area contributed by atoms with Crippen LogP contribution in [0.5, 0.6) is 5.75 Å². The summed E-state index contributed by atoms with van der Waals surface area (Å²) in [4.78, 5) is 53.1. The molecule has 1 saturated heterocycles. The SMILES string of the molecule is CCOc1ccc([C@@H]2[C@@H](N3C(=O)c4ccccc4C3=O)C(=O)N2c2ccc(Cl)cc2[N+](=O)[O-])cc1. The molecule has 9 nitrogen and oxygen atoms in total. The van der Waals surface area contributed by atoms with Crippen LogP contribution in [0.2, 0.25) is 5.02 Å². The van der Waals surface area contributed by atoms with Crippen molar-refractivity contribution in [2.75, 3.05) is 11.5 Å². The summed E-state index contributed by atoms with van der Waals surface area (Å²) in [5.74, 6) is -1.16. The number of ether oxygens (including phenoxy) is 1. The first-order valence-corrected chi connectivity index (χ1v) is 11.2. The number of hydrogen-bond acceptors (Lipinski definition) is 6. The lowest BCUT2D eigenvalue weighted by Gasteiger charge is -2.49. The highest BCUT2D eigenvalue weighted by atomic mass is 35.5. The molecule has 3 aromatic rings. The number of amides is 3. The van der Waals surface area contributed by atoms with Crippen LogP contribution in [-0.2, 0) is 4.79 Å². The minimum atomic E-state index is -1.17. The molecule has 0 saturated carbocycles. The lowest BCUT2D eigenvalue weighted by Crippen LogP contribution is -2.67. The van der Waals surface area contributed by atoms with Gasteiger partial charge in [-0.25, -0.2) is 0 Å². The van der Waals surface area contributed by atoms with E-state index in [0.29, 0.717) is 17.9 Å². The summed E-state index contributed by atoms with van der Waals surface area (Å²) in [5.41, 5.74) is 0.677. The van der Waals surface area contributed by atoms with E-state index in [2.05, 4.69) is 0 Å². The van der Waals surface area contributed by atoms with Gasteiger partial charge in [-0.3, -0.25) is 34.3 Å². The summed E-state index contributed by atoms with van der Waals surface area (Å²) in [6.45, 7) is 2.31. The maximum absolute atomic E-state index is 13.5. The lowest BCUT2D eigenvalue weighted by atomic mass is 9.86. The highest BCUT2D eigenvalue weighted by molar-refractivity contribution is 6.31. The van der Waals surface area contributed by atoms with E-state index in [1.54, 1.807) is 36.4 Å². The molecule has 10 heteroatoms. The zero-order valence-electron chi connectivity index (χ0n) is 18.4. The zero-order chi connectivity index (χ0) is 24.9. The van der Waals surface area contributed by atoms with Crippen molar-refractivity contribution in [2.24, 2.45) is 0 Å². The number of halogens is 1. The third kappa shape index (κ3) is 3.52. The molecule has 35 heavy (non-hydrogen) atoms. The third-order valence-electron chi connectivity index (χ3n) is 6.10. The van der Waals surface area contributed by atoms with Crippen LogP contribution in [0.1, 0.15) is 39.2 Å². The van der Waals surface area contributed by atoms with Gasteiger partial charge in [-0.15, -0.1) is 0 Å². The van der Waals surface area contributed by atoms with E-state index in [1.807, 2.05) is 6.92 Å². The molecule has 5 rings (SSSR count). The molecule has 0 bridgehead atoms. The Hall–Kier alpha value is -4.24. The standard InChI is InChI=1S/C25H18ClN3O6/c1-2-35-16-10-7-14(8-11-16)21-22(28-23(30)17-5-3-4-6-18(17)24(28)31)25(32)27(21)19-12-9-15(26)13-20(19)29(33)34/h3-13,21-22H,2H2,1H3/t21-,22-/m1/s1. The minimum Gasteiger partial charge on any atom is -0.494 e. The third-order valence-corrected chi connectivity index (χ3v) is 6.33. The highest BCUT2D eigenvalue weighted by Gasteiger charge is 2.58. The van der Waals surface area contributed by atoms with Gasteiger partial charge in [-0.05, 0) is 48.9 Å². The van der Waals surface area contributed by atoms with Gasteiger partial charge in [-0.2, -0.15) is 0 Å². The van der Waals surface area contributed by atoms with Gasteiger partial charge in [0, 0.05) is 11.1 Å². The Kier molecular flexibility index (Phi) is 5.49. The number of nitro benzene ring substituents is 1. The minimum absolute atomic E-state index is 0.0242. The van der Waals surface area contributed by atoms with E-state index >= 15 is 0 Å². The van der Waals surface area contributed by atoms with Crippen molar-refractivity contribution in [3.05, 3.63) is 98.6 Å². The number of imide groups is 1. The fraction of sp³-hybridized carbons (Fsp3) is 0.160. The van der Waals surface area contributed by atoms with E-state index < -0.39 is 34.7 Å². The van der Waals surface area contributed by atoms with Gasteiger partial charge >= 0.3 is 0 Å². The number of carbonyl (C=O) groups excluding carboxylic acids is 3. The van der Waals surface area contributed by atoms with Crippen LogP contribution in [0.25, 0.3) is 0 Å². The number of rotatable bonds is 6. The molecule has 0 aromatic heterocycles. The second-order valence-electron chi connectivity index (χ2n) is 8.02. The Bertz CT molecular complexity index is 1360. The van der Waals surface area contributed by atoms with Gasteiger partial charge in [0.2, 0.25) is 0 Å². The number of nitrogens with zero attached hydrogens (tertiary/aromatic N) is 3. The smallest absolute Gasteiger partial charge is 0.294 e. The maximum atomic E-state index is 13.5. The topological polar surface area (TPSA) is 110 Å². The number of benzene rings is 3. The van der Waals surface area contributed by atoms with E-state index in [4.69, 9.17) is 16.3 Å². The molecule has 2 aliphatic rings. The Balaban J connectivity index is 1.61. The monoisotopic (exact) mass is 491 g/mol. The fourth-order valence-electron chi connectivity index (χ4n) is 4.56. The Morgan fingerprint density at radius 3 is 2.11 bits per heavy atom. The molecule has 1 fully saturated rings. The van der Waals surface area contributed by atoms with Crippen molar-refractivity contribution in [3.8, 4) is 5.75 Å². The number of β-lactam (4-membered cyclic amide) rings is 1. The van der Waals surface area contributed by atoms with Crippen molar-refractivity contribution >= 4 is 40.7 Å². The summed E-state index contributed by atoms with van der Waals surface area (Å²) in [6, 6.07) is 15.2. The van der Waals surface area contributed by atoms with Gasteiger partial charge < -0.3 is 4.74 Å². The van der Waals surface area contributed by atoms with Crippen molar-refractivity contribution in [2.45, 2.75) is 19.0 Å². The van der Waals surface area contributed by atoms with Crippen LogP contribution in [-0.4, -0.2) is 40.2 Å². The lowest BCUT2D eigenvalue weighted by molar-refractivity contribution is -0.384. The molecule has 0 aliphatic carbocycles. The van der Waals surface area contributed by atoms with Gasteiger partial charge in [-0.1, -0.05) is 35.9 Å². The molecule has 2 aliphatic heterocycles. The van der Waals surface area contributed by atoms with Gasteiger partial charge in [0.25, 0.3) is 23.4 Å². The molecule has 2 heterocycles. The van der Waals surface area contributed by atoms with E-state index in [-0.39, 0.29) is 27.5 Å². The number of anilines is 1. The molecule has 2 atom stereocenters. The average molecular weight is 492 g/mol. The highest BCUT2D eigenvalue weighted by Crippen LogP contribution is 2.47. The normalized spacial score (nSPS) is 19.0. The maximum Gasteiger partial charge on any atom is 0.294 e. The first-order chi connectivity index (χ1) is 16.8. The predicted molar refractivity (Wildman–Crippen MR) is 127 cm³/mol. The molecule has 0 spiro atoms. The number of carbonyl (C=O) groups is 3. The summed E-state index contributed by atoms with van der Waals surface area (Å²) in [7, 11) is 0. The van der Waals surface area contributed by atoms with Gasteiger partial charge in [0.1, 0.15) is 17.5 Å². The van der Waals surface area contributed by atoms with Crippen LogP contribution in [0.15, 0.2) is 66.7 Å². The van der Waals surface area contributed by atoms with E-state index in [9.17, 15) is 24.5 Å². The summed E-state index contributed by atoms with van der Waals surface area (Å²) in [5, 5.41) is 11.9. The van der Waals surface area contributed by atoms with Crippen LogP contribution in [0.3, 0.4) is 0 Å². The van der Waals surface area contributed by atoms with E-state index in [1.165, 1.54) is 29.2 Å². The Morgan fingerprint density at radius 1 is 0.914 bits per heavy atom. The van der Waals surface area contributed by atoms with Crippen molar-refractivity contribution in [3.63, 3.8) is 0 Å². The van der Waals surface area contributed by atoms with Crippen LogP contribution in [0, 0.1) is 10.1 Å². The van der Waals surface area contributed by atoms with Crippen molar-refractivity contribution in [1.29, 1.82) is 0 Å². The van der Waals surface area contributed by atoms with E-state index in [0.717, 1.165) is 11.0 Å². The average Bonchev–Trinajstić information content (AvgIpc) is 3.09. The largest absolute Gasteiger partial charge is 0.494 e.